The van der Waals surface area contributed by atoms with Crippen molar-refractivity contribution in [3.05, 3.63) is 0 Å². The van der Waals surface area contributed by atoms with Crippen LogP contribution in [0.1, 0.15) is 52.9 Å². The van der Waals surface area contributed by atoms with E-state index in [-0.39, 0.29) is 6.10 Å². The Kier molecular flexibility index (Phi) is 3.16. The Balaban J connectivity index is 2.50. The van der Waals surface area contributed by atoms with Crippen LogP contribution in [0.15, 0.2) is 0 Å². The van der Waals surface area contributed by atoms with Gasteiger partial charge in [-0.2, -0.15) is 0 Å². The summed E-state index contributed by atoms with van der Waals surface area (Å²) in [5.74, 6) is 0.742. The van der Waals surface area contributed by atoms with E-state index in [2.05, 4.69) is 20.8 Å². The van der Waals surface area contributed by atoms with Crippen molar-refractivity contribution in [2.45, 2.75) is 59.0 Å². The Labute approximate surface area is 76.2 Å². The van der Waals surface area contributed by atoms with Crippen molar-refractivity contribution in [1.82, 2.24) is 0 Å². The predicted molar refractivity (Wildman–Crippen MR) is 52.0 cm³/mol. The second-order valence-electron chi connectivity index (χ2n) is 4.86. The van der Waals surface area contributed by atoms with E-state index in [4.69, 9.17) is 0 Å². The van der Waals surface area contributed by atoms with Crippen LogP contribution in [0.5, 0.6) is 0 Å². The van der Waals surface area contributed by atoms with Crippen molar-refractivity contribution >= 4 is 0 Å². The van der Waals surface area contributed by atoms with Crippen molar-refractivity contribution < 1.29 is 5.11 Å². The molecule has 0 aromatic rings. The van der Waals surface area contributed by atoms with Gasteiger partial charge in [-0.3, -0.25) is 0 Å². The van der Waals surface area contributed by atoms with Crippen LogP contribution in [0.3, 0.4) is 0 Å². The summed E-state index contributed by atoms with van der Waals surface area (Å²) in [7, 11) is 0. The second-order valence-corrected chi connectivity index (χ2v) is 4.86. The fraction of sp³-hybridized carbons (Fsp3) is 1.00. The number of hydrogen-bond donors (Lipinski definition) is 1. The van der Waals surface area contributed by atoms with Crippen molar-refractivity contribution in [1.29, 1.82) is 0 Å². The van der Waals surface area contributed by atoms with Gasteiger partial charge in [-0.25, -0.2) is 0 Å². The lowest BCUT2D eigenvalue weighted by molar-refractivity contribution is 0.0497. The van der Waals surface area contributed by atoms with Gasteiger partial charge in [-0.05, 0) is 30.6 Å². The Morgan fingerprint density at radius 2 is 2.00 bits per heavy atom. The molecule has 1 nitrogen and oxygen atoms in total. The average Bonchev–Trinajstić information content (AvgIpc) is 2.05. The van der Waals surface area contributed by atoms with Gasteiger partial charge in [0.05, 0.1) is 6.10 Å². The maximum atomic E-state index is 9.54. The number of aliphatic hydroxyl groups is 1. The van der Waals surface area contributed by atoms with E-state index in [1.807, 2.05) is 0 Å². The molecule has 0 saturated heterocycles. The molecule has 2 unspecified atom stereocenters. The third-order valence-corrected chi connectivity index (χ3v) is 3.66. The molecule has 0 spiro atoms. The predicted octanol–water partition coefficient (Wildman–Crippen LogP) is 2.97. The molecule has 0 aromatic heterocycles. The summed E-state index contributed by atoms with van der Waals surface area (Å²) < 4.78 is 0. The third kappa shape index (κ3) is 2.22. The molecule has 0 heterocycles. The van der Waals surface area contributed by atoms with Gasteiger partial charge in [0, 0.05) is 0 Å². The molecule has 0 amide bonds. The first-order valence-electron chi connectivity index (χ1n) is 5.24. The summed E-state index contributed by atoms with van der Waals surface area (Å²) in [5.41, 5.74) is 0.432. The van der Waals surface area contributed by atoms with Crippen molar-refractivity contribution in [3.63, 3.8) is 0 Å². The Bertz CT molecular complexity index is 140. The minimum Gasteiger partial charge on any atom is -0.393 e. The van der Waals surface area contributed by atoms with Crippen LogP contribution in [-0.4, -0.2) is 11.2 Å². The monoisotopic (exact) mass is 170 g/mol. The fourth-order valence-electron chi connectivity index (χ4n) is 2.16. The van der Waals surface area contributed by atoms with Gasteiger partial charge in [0.2, 0.25) is 0 Å². The van der Waals surface area contributed by atoms with Crippen molar-refractivity contribution in [2.24, 2.45) is 11.3 Å². The molecule has 1 N–H and O–H groups in total. The van der Waals surface area contributed by atoms with Crippen LogP contribution in [0.25, 0.3) is 0 Å². The van der Waals surface area contributed by atoms with Gasteiger partial charge >= 0.3 is 0 Å². The number of aliphatic hydroxyl groups excluding tert-OH is 1. The van der Waals surface area contributed by atoms with Gasteiger partial charge in [0.1, 0.15) is 0 Å². The van der Waals surface area contributed by atoms with Crippen LogP contribution in [0, 0.1) is 11.3 Å². The summed E-state index contributed by atoms with van der Waals surface area (Å²) >= 11 is 0. The van der Waals surface area contributed by atoms with Gasteiger partial charge in [0.15, 0.2) is 0 Å². The summed E-state index contributed by atoms with van der Waals surface area (Å²) in [6.07, 6.45) is 5.80. The minimum atomic E-state index is -0.0189. The summed E-state index contributed by atoms with van der Waals surface area (Å²) in [5, 5.41) is 9.54. The molecule has 12 heavy (non-hydrogen) atoms. The van der Waals surface area contributed by atoms with E-state index in [0.717, 1.165) is 18.8 Å². The molecule has 0 aliphatic heterocycles. The summed E-state index contributed by atoms with van der Waals surface area (Å²) in [4.78, 5) is 0. The first-order chi connectivity index (χ1) is 5.56. The standard InChI is InChI=1S/C11H22O/c1-4-11(2,3)9-6-5-7-10(12)8-9/h9-10,12H,4-8H2,1-3H3. The van der Waals surface area contributed by atoms with Crippen molar-refractivity contribution in [3.8, 4) is 0 Å². The molecular formula is C11H22O. The van der Waals surface area contributed by atoms with Gasteiger partial charge in [-0.1, -0.05) is 33.6 Å². The number of rotatable bonds is 2. The summed E-state index contributed by atoms with van der Waals surface area (Å²) in [6, 6.07) is 0. The highest BCUT2D eigenvalue weighted by Gasteiger charge is 2.31. The molecule has 72 valence electrons. The van der Waals surface area contributed by atoms with E-state index in [9.17, 15) is 5.11 Å². The maximum absolute atomic E-state index is 9.54. The normalized spacial score (nSPS) is 32.0. The third-order valence-electron chi connectivity index (χ3n) is 3.66. The zero-order chi connectivity index (χ0) is 9.19. The molecule has 0 aromatic carbocycles. The highest BCUT2D eigenvalue weighted by atomic mass is 16.3. The van der Waals surface area contributed by atoms with E-state index in [0.29, 0.717) is 5.41 Å². The molecule has 0 radical (unpaired) electrons. The SMILES string of the molecule is CCC(C)(C)C1CCCC(O)C1. The number of hydrogen-bond acceptors (Lipinski definition) is 1. The molecular weight excluding hydrogens is 148 g/mol. The zero-order valence-corrected chi connectivity index (χ0v) is 8.64. The van der Waals surface area contributed by atoms with Crippen molar-refractivity contribution in [2.75, 3.05) is 0 Å². The quantitative estimate of drug-likeness (QED) is 0.675. The van der Waals surface area contributed by atoms with Crippen LogP contribution in [-0.2, 0) is 0 Å². The minimum absolute atomic E-state index is 0.0189. The lowest BCUT2D eigenvalue weighted by Gasteiger charge is -2.38. The Hall–Kier alpha value is -0.0400. The molecule has 1 heteroatoms. The first kappa shape index (κ1) is 10.0. The second kappa shape index (κ2) is 3.78. The first-order valence-corrected chi connectivity index (χ1v) is 5.24. The van der Waals surface area contributed by atoms with Gasteiger partial charge < -0.3 is 5.11 Å². The average molecular weight is 170 g/mol. The highest BCUT2D eigenvalue weighted by molar-refractivity contribution is 4.82. The molecule has 1 fully saturated rings. The lowest BCUT2D eigenvalue weighted by atomic mass is 9.69. The largest absolute Gasteiger partial charge is 0.393 e. The van der Waals surface area contributed by atoms with Gasteiger partial charge in [0.25, 0.3) is 0 Å². The lowest BCUT2D eigenvalue weighted by Crippen LogP contribution is -2.30. The van der Waals surface area contributed by atoms with Crippen LogP contribution in [0.4, 0.5) is 0 Å². The van der Waals surface area contributed by atoms with Crippen LogP contribution < -0.4 is 0 Å². The van der Waals surface area contributed by atoms with E-state index in [1.54, 1.807) is 0 Å². The molecule has 1 aliphatic carbocycles. The molecule has 1 saturated carbocycles. The van der Waals surface area contributed by atoms with E-state index in [1.165, 1.54) is 19.3 Å². The Morgan fingerprint density at radius 3 is 2.50 bits per heavy atom. The van der Waals surface area contributed by atoms with Crippen LogP contribution in [0.2, 0.25) is 0 Å². The molecule has 0 bridgehead atoms. The molecule has 2 atom stereocenters. The van der Waals surface area contributed by atoms with E-state index < -0.39 is 0 Å². The highest BCUT2D eigenvalue weighted by Crippen LogP contribution is 2.40. The Morgan fingerprint density at radius 1 is 1.33 bits per heavy atom. The summed E-state index contributed by atoms with van der Waals surface area (Å²) in [6.45, 7) is 6.91. The van der Waals surface area contributed by atoms with E-state index >= 15 is 0 Å². The molecule has 1 aliphatic rings. The maximum Gasteiger partial charge on any atom is 0.0543 e. The topological polar surface area (TPSA) is 20.2 Å². The smallest absolute Gasteiger partial charge is 0.0543 e. The van der Waals surface area contributed by atoms with Crippen LogP contribution >= 0.6 is 0 Å². The van der Waals surface area contributed by atoms with Gasteiger partial charge in [-0.15, -0.1) is 0 Å². The molecule has 1 rings (SSSR count). The zero-order valence-electron chi connectivity index (χ0n) is 8.64. The fourth-order valence-corrected chi connectivity index (χ4v) is 2.16.